The van der Waals surface area contributed by atoms with Crippen molar-refractivity contribution in [1.29, 1.82) is 0 Å². The van der Waals surface area contributed by atoms with E-state index in [4.69, 9.17) is 4.74 Å². The van der Waals surface area contributed by atoms with E-state index in [0.29, 0.717) is 6.61 Å². The molecule has 0 aliphatic rings. The number of ether oxygens (including phenoxy) is 1. The first-order valence-corrected chi connectivity index (χ1v) is 6.73. The maximum atomic E-state index is 11.8. The van der Waals surface area contributed by atoms with Gasteiger partial charge in [-0.15, -0.1) is 0 Å². The van der Waals surface area contributed by atoms with Crippen LogP contribution >= 0.6 is 0 Å². The Kier molecular flexibility index (Phi) is 6.92. The van der Waals surface area contributed by atoms with Crippen molar-refractivity contribution in [2.24, 2.45) is 0 Å². The molecule has 0 N–H and O–H groups in total. The Morgan fingerprint density at radius 1 is 1.11 bits per heavy atom. The van der Waals surface area contributed by atoms with Gasteiger partial charge in [0.25, 0.3) is 0 Å². The van der Waals surface area contributed by atoms with Crippen LogP contribution in [0.2, 0.25) is 0 Å². The zero-order chi connectivity index (χ0) is 13.2. The molecule has 0 saturated heterocycles. The summed E-state index contributed by atoms with van der Waals surface area (Å²) >= 11 is 0. The van der Waals surface area contributed by atoms with E-state index in [-0.39, 0.29) is 6.09 Å². The van der Waals surface area contributed by atoms with Gasteiger partial charge < -0.3 is 9.64 Å². The molecule has 0 unspecified atom stereocenters. The third kappa shape index (κ3) is 5.21. The molecule has 3 nitrogen and oxygen atoms in total. The summed E-state index contributed by atoms with van der Waals surface area (Å²) in [6.45, 7) is 6.14. The number of hydrogen-bond acceptors (Lipinski definition) is 2. The molecule has 0 heterocycles. The fourth-order valence-corrected chi connectivity index (χ4v) is 1.83. The molecule has 0 atom stereocenters. The highest BCUT2D eigenvalue weighted by molar-refractivity contribution is 5.67. The van der Waals surface area contributed by atoms with Crippen molar-refractivity contribution in [3.63, 3.8) is 0 Å². The SMILES string of the molecule is CCCN(CCC)C(=O)OCCc1ccccc1. The molecule has 0 radical (unpaired) electrons. The first-order chi connectivity index (χ1) is 8.77. The van der Waals surface area contributed by atoms with Crippen LogP contribution in [0.4, 0.5) is 4.79 Å². The maximum Gasteiger partial charge on any atom is 0.409 e. The van der Waals surface area contributed by atoms with Crippen LogP contribution in [0, 0.1) is 0 Å². The highest BCUT2D eigenvalue weighted by atomic mass is 16.6. The van der Waals surface area contributed by atoms with E-state index in [0.717, 1.165) is 32.4 Å². The molecule has 0 fully saturated rings. The number of nitrogens with zero attached hydrogens (tertiary/aromatic N) is 1. The summed E-state index contributed by atoms with van der Waals surface area (Å²) in [6.07, 6.45) is 2.52. The Morgan fingerprint density at radius 2 is 1.72 bits per heavy atom. The van der Waals surface area contributed by atoms with Gasteiger partial charge in [0.1, 0.15) is 0 Å². The molecule has 0 spiro atoms. The second-order valence-electron chi connectivity index (χ2n) is 4.34. The second kappa shape index (κ2) is 8.56. The summed E-state index contributed by atoms with van der Waals surface area (Å²) in [6, 6.07) is 10.1. The van der Waals surface area contributed by atoms with E-state index in [1.54, 1.807) is 4.90 Å². The molecule has 0 aliphatic heterocycles. The van der Waals surface area contributed by atoms with Crippen LogP contribution in [0.5, 0.6) is 0 Å². The summed E-state index contributed by atoms with van der Waals surface area (Å²) in [4.78, 5) is 13.6. The van der Waals surface area contributed by atoms with Gasteiger partial charge in [0, 0.05) is 19.5 Å². The smallest absolute Gasteiger partial charge is 0.409 e. The van der Waals surface area contributed by atoms with Crippen molar-refractivity contribution >= 4 is 6.09 Å². The van der Waals surface area contributed by atoms with Crippen molar-refractivity contribution < 1.29 is 9.53 Å². The molecule has 1 aromatic rings. The Morgan fingerprint density at radius 3 is 2.28 bits per heavy atom. The van der Waals surface area contributed by atoms with E-state index in [9.17, 15) is 4.79 Å². The van der Waals surface area contributed by atoms with Gasteiger partial charge in [-0.25, -0.2) is 4.79 Å². The molecule has 0 aromatic heterocycles. The van der Waals surface area contributed by atoms with Gasteiger partial charge in [0.2, 0.25) is 0 Å². The molecule has 0 saturated carbocycles. The van der Waals surface area contributed by atoms with E-state index < -0.39 is 0 Å². The van der Waals surface area contributed by atoms with Crippen LogP contribution in [-0.4, -0.2) is 30.7 Å². The number of benzene rings is 1. The number of hydrogen-bond donors (Lipinski definition) is 0. The van der Waals surface area contributed by atoms with E-state index in [2.05, 4.69) is 13.8 Å². The van der Waals surface area contributed by atoms with Gasteiger partial charge >= 0.3 is 6.09 Å². The molecule has 1 aromatic carbocycles. The summed E-state index contributed by atoms with van der Waals surface area (Å²) in [5.41, 5.74) is 1.20. The Hall–Kier alpha value is -1.51. The largest absolute Gasteiger partial charge is 0.449 e. The van der Waals surface area contributed by atoms with Crippen LogP contribution in [0.3, 0.4) is 0 Å². The average Bonchev–Trinajstić information content (AvgIpc) is 2.39. The van der Waals surface area contributed by atoms with Gasteiger partial charge in [-0.05, 0) is 18.4 Å². The van der Waals surface area contributed by atoms with Crippen molar-refractivity contribution in [3.8, 4) is 0 Å². The fraction of sp³-hybridized carbons (Fsp3) is 0.533. The van der Waals surface area contributed by atoms with Crippen molar-refractivity contribution in [3.05, 3.63) is 35.9 Å². The molecular formula is C15H23NO2. The molecule has 0 bridgehead atoms. The topological polar surface area (TPSA) is 29.5 Å². The Labute approximate surface area is 110 Å². The van der Waals surface area contributed by atoms with Gasteiger partial charge in [-0.1, -0.05) is 44.2 Å². The standard InChI is InChI=1S/C15H23NO2/c1-3-11-16(12-4-2)15(17)18-13-10-14-8-6-5-7-9-14/h5-9H,3-4,10-13H2,1-2H3. The second-order valence-corrected chi connectivity index (χ2v) is 4.34. The van der Waals surface area contributed by atoms with Gasteiger partial charge in [-0.3, -0.25) is 0 Å². The molecule has 1 amide bonds. The lowest BCUT2D eigenvalue weighted by Gasteiger charge is -2.20. The zero-order valence-electron chi connectivity index (χ0n) is 11.4. The third-order valence-corrected chi connectivity index (χ3v) is 2.70. The summed E-state index contributed by atoms with van der Waals surface area (Å²) < 4.78 is 5.30. The van der Waals surface area contributed by atoms with Gasteiger partial charge in [0.15, 0.2) is 0 Å². The highest BCUT2D eigenvalue weighted by Gasteiger charge is 2.12. The predicted molar refractivity (Wildman–Crippen MR) is 73.6 cm³/mol. The maximum absolute atomic E-state index is 11.8. The average molecular weight is 249 g/mol. The molecule has 18 heavy (non-hydrogen) atoms. The minimum atomic E-state index is -0.186. The predicted octanol–water partition coefficient (Wildman–Crippen LogP) is 3.49. The first kappa shape index (κ1) is 14.6. The summed E-state index contributed by atoms with van der Waals surface area (Å²) in [5, 5.41) is 0. The number of carbonyl (C=O) groups excluding carboxylic acids is 1. The summed E-state index contributed by atoms with van der Waals surface area (Å²) in [7, 11) is 0. The number of amides is 1. The number of rotatable bonds is 7. The Balaban J connectivity index is 2.30. The normalized spacial score (nSPS) is 10.1. The monoisotopic (exact) mass is 249 g/mol. The van der Waals surface area contributed by atoms with Crippen LogP contribution < -0.4 is 0 Å². The lowest BCUT2D eigenvalue weighted by Crippen LogP contribution is -2.33. The van der Waals surface area contributed by atoms with Crippen molar-refractivity contribution in [2.45, 2.75) is 33.1 Å². The van der Waals surface area contributed by atoms with E-state index in [1.165, 1.54) is 5.56 Å². The van der Waals surface area contributed by atoms with E-state index >= 15 is 0 Å². The van der Waals surface area contributed by atoms with Crippen molar-refractivity contribution in [2.75, 3.05) is 19.7 Å². The van der Waals surface area contributed by atoms with Crippen LogP contribution in [0.25, 0.3) is 0 Å². The van der Waals surface area contributed by atoms with Gasteiger partial charge in [0.05, 0.1) is 6.61 Å². The third-order valence-electron chi connectivity index (χ3n) is 2.70. The minimum absolute atomic E-state index is 0.186. The molecule has 3 heteroatoms. The lowest BCUT2D eigenvalue weighted by atomic mass is 10.2. The van der Waals surface area contributed by atoms with Crippen LogP contribution in [0.15, 0.2) is 30.3 Å². The molecule has 100 valence electrons. The minimum Gasteiger partial charge on any atom is -0.449 e. The number of carbonyl (C=O) groups is 1. The van der Waals surface area contributed by atoms with E-state index in [1.807, 2.05) is 30.3 Å². The first-order valence-electron chi connectivity index (χ1n) is 6.73. The Bertz CT molecular complexity index is 332. The van der Waals surface area contributed by atoms with Crippen LogP contribution in [0.1, 0.15) is 32.3 Å². The summed E-state index contributed by atoms with van der Waals surface area (Å²) in [5.74, 6) is 0. The van der Waals surface area contributed by atoms with Crippen molar-refractivity contribution in [1.82, 2.24) is 4.90 Å². The molecule has 1 rings (SSSR count). The molecular weight excluding hydrogens is 226 g/mol. The fourth-order valence-electron chi connectivity index (χ4n) is 1.83. The lowest BCUT2D eigenvalue weighted by molar-refractivity contribution is 0.103. The van der Waals surface area contributed by atoms with Gasteiger partial charge in [-0.2, -0.15) is 0 Å². The quantitative estimate of drug-likeness (QED) is 0.740. The van der Waals surface area contributed by atoms with Crippen LogP contribution in [-0.2, 0) is 11.2 Å². The molecule has 0 aliphatic carbocycles. The highest BCUT2D eigenvalue weighted by Crippen LogP contribution is 2.02. The zero-order valence-corrected chi connectivity index (χ0v) is 11.4.